The summed E-state index contributed by atoms with van der Waals surface area (Å²) in [5, 5.41) is 3.35. The highest BCUT2D eigenvalue weighted by Crippen LogP contribution is 2.25. The normalized spacial score (nSPS) is 26.4. The summed E-state index contributed by atoms with van der Waals surface area (Å²) in [5.74, 6) is 2.16. The first kappa shape index (κ1) is 13.4. The SMILES string of the molecule is CC1CC(C)CN(C(=O)c2ccnc(NC3CC3)c2)C1. The van der Waals surface area contributed by atoms with Crippen LogP contribution in [-0.2, 0) is 0 Å². The van der Waals surface area contributed by atoms with E-state index in [1.807, 2.05) is 17.0 Å². The maximum absolute atomic E-state index is 12.6. The zero-order valence-electron chi connectivity index (χ0n) is 12.3. The van der Waals surface area contributed by atoms with Gasteiger partial charge in [-0.3, -0.25) is 4.79 Å². The lowest BCUT2D eigenvalue weighted by Gasteiger charge is -2.35. The molecule has 1 saturated carbocycles. The number of aromatic nitrogens is 1. The summed E-state index contributed by atoms with van der Waals surface area (Å²) in [6.07, 6.45) is 5.37. The Labute approximate surface area is 120 Å². The lowest BCUT2D eigenvalue weighted by molar-refractivity contribution is 0.0623. The molecule has 2 unspecified atom stereocenters. The van der Waals surface area contributed by atoms with Crippen molar-refractivity contribution in [2.75, 3.05) is 18.4 Å². The van der Waals surface area contributed by atoms with Gasteiger partial charge in [-0.1, -0.05) is 13.8 Å². The number of nitrogens with one attached hydrogen (secondary N) is 1. The summed E-state index contributed by atoms with van der Waals surface area (Å²) >= 11 is 0. The van der Waals surface area contributed by atoms with Gasteiger partial charge >= 0.3 is 0 Å². The second-order valence-corrected chi connectivity index (χ2v) is 6.50. The van der Waals surface area contributed by atoms with E-state index in [4.69, 9.17) is 0 Å². The molecule has 0 spiro atoms. The fourth-order valence-corrected chi connectivity index (χ4v) is 3.09. The lowest BCUT2D eigenvalue weighted by atomic mass is 9.91. The van der Waals surface area contributed by atoms with Crippen molar-refractivity contribution in [2.24, 2.45) is 11.8 Å². The molecule has 1 aliphatic heterocycles. The summed E-state index contributed by atoms with van der Waals surface area (Å²) in [4.78, 5) is 18.9. The second kappa shape index (κ2) is 5.43. The van der Waals surface area contributed by atoms with E-state index in [0.29, 0.717) is 17.9 Å². The molecule has 20 heavy (non-hydrogen) atoms. The number of nitrogens with zero attached hydrogens (tertiary/aromatic N) is 2. The third-order valence-electron chi connectivity index (χ3n) is 4.09. The Morgan fingerprint density at radius 2 is 2.00 bits per heavy atom. The number of amides is 1. The van der Waals surface area contributed by atoms with Gasteiger partial charge in [0.05, 0.1) is 0 Å². The van der Waals surface area contributed by atoms with E-state index in [1.165, 1.54) is 19.3 Å². The molecule has 4 nitrogen and oxygen atoms in total. The van der Waals surface area contributed by atoms with Crippen molar-refractivity contribution in [3.05, 3.63) is 23.9 Å². The van der Waals surface area contributed by atoms with Gasteiger partial charge in [-0.15, -0.1) is 0 Å². The number of hydrogen-bond donors (Lipinski definition) is 1. The van der Waals surface area contributed by atoms with Crippen LogP contribution in [0.3, 0.4) is 0 Å². The zero-order valence-corrected chi connectivity index (χ0v) is 12.3. The summed E-state index contributed by atoms with van der Waals surface area (Å²) in [7, 11) is 0. The van der Waals surface area contributed by atoms with Gasteiger partial charge in [-0.05, 0) is 43.2 Å². The van der Waals surface area contributed by atoms with Crippen LogP contribution in [0.25, 0.3) is 0 Å². The number of anilines is 1. The Kier molecular flexibility index (Phi) is 3.64. The van der Waals surface area contributed by atoms with Gasteiger partial charge in [0, 0.05) is 30.9 Å². The smallest absolute Gasteiger partial charge is 0.254 e. The molecule has 3 rings (SSSR count). The first-order valence-corrected chi connectivity index (χ1v) is 7.63. The standard InChI is InChI=1S/C16H23N3O/c1-11-7-12(2)10-19(9-11)16(20)13-5-6-17-15(8-13)18-14-3-4-14/h5-6,8,11-12,14H,3-4,7,9-10H2,1-2H3,(H,17,18). The first-order chi connectivity index (χ1) is 9.61. The first-order valence-electron chi connectivity index (χ1n) is 7.63. The molecule has 108 valence electrons. The van der Waals surface area contributed by atoms with Crippen molar-refractivity contribution in [2.45, 2.75) is 39.2 Å². The molecule has 2 heterocycles. The highest BCUT2D eigenvalue weighted by Gasteiger charge is 2.27. The predicted octanol–water partition coefficient (Wildman–Crippen LogP) is 2.77. The molecule has 1 amide bonds. The van der Waals surface area contributed by atoms with Crippen LogP contribution in [0, 0.1) is 11.8 Å². The van der Waals surface area contributed by atoms with E-state index in [1.54, 1.807) is 6.20 Å². The predicted molar refractivity (Wildman–Crippen MR) is 79.7 cm³/mol. The summed E-state index contributed by atoms with van der Waals surface area (Å²) in [5.41, 5.74) is 0.754. The Hall–Kier alpha value is -1.58. The van der Waals surface area contributed by atoms with Gasteiger partial charge in [0.2, 0.25) is 0 Å². The van der Waals surface area contributed by atoms with Gasteiger partial charge in [-0.2, -0.15) is 0 Å². The minimum Gasteiger partial charge on any atom is -0.367 e. The lowest BCUT2D eigenvalue weighted by Crippen LogP contribution is -2.42. The monoisotopic (exact) mass is 273 g/mol. The highest BCUT2D eigenvalue weighted by atomic mass is 16.2. The molecule has 2 atom stereocenters. The number of rotatable bonds is 3. The molecule has 1 saturated heterocycles. The average Bonchev–Trinajstić information content (AvgIpc) is 3.21. The van der Waals surface area contributed by atoms with Crippen molar-refractivity contribution in [1.29, 1.82) is 0 Å². The van der Waals surface area contributed by atoms with Crippen LogP contribution in [-0.4, -0.2) is 34.9 Å². The third kappa shape index (κ3) is 3.11. The molecule has 2 aliphatic rings. The van der Waals surface area contributed by atoms with Gasteiger partial charge in [-0.25, -0.2) is 4.98 Å². The van der Waals surface area contributed by atoms with Gasteiger partial charge < -0.3 is 10.2 Å². The van der Waals surface area contributed by atoms with Gasteiger partial charge in [0.1, 0.15) is 5.82 Å². The fraction of sp³-hybridized carbons (Fsp3) is 0.625. The molecular weight excluding hydrogens is 250 g/mol. The Balaban J connectivity index is 1.72. The Morgan fingerprint density at radius 3 is 2.65 bits per heavy atom. The Morgan fingerprint density at radius 1 is 1.30 bits per heavy atom. The number of carbonyl (C=O) groups excluding carboxylic acids is 1. The van der Waals surface area contributed by atoms with Crippen molar-refractivity contribution in [1.82, 2.24) is 9.88 Å². The Bertz CT molecular complexity index is 488. The molecule has 0 radical (unpaired) electrons. The maximum atomic E-state index is 12.6. The zero-order chi connectivity index (χ0) is 14.1. The molecule has 1 aliphatic carbocycles. The third-order valence-corrected chi connectivity index (χ3v) is 4.09. The van der Waals surface area contributed by atoms with Crippen molar-refractivity contribution >= 4 is 11.7 Å². The summed E-state index contributed by atoms with van der Waals surface area (Å²) in [6.45, 7) is 6.19. The van der Waals surface area contributed by atoms with Gasteiger partial charge in [0.15, 0.2) is 0 Å². The summed E-state index contributed by atoms with van der Waals surface area (Å²) in [6, 6.07) is 4.28. The second-order valence-electron chi connectivity index (χ2n) is 6.50. The molecule has 1 N–H and O–H groups in total. The van der Waals surface area contributed by atoms with Crippen LogP contribution in [0.1, 0.15) is 43.5 Å². The number of pyridine rings is 1. The minimum atomic E-state index is 0.143. The van der Waals surface area contributed by atoms with E-state index in [-0.39, 0.29) is 5.91 Å². The molecule has 4 heteroatoms. The average molecular weight is 273 g/mol. The van der Waals surface area contributed by atoms with Crippen LogP contribution in [0.2, 0.25) is 0 Å². The van der Waals surface area contributed by atoms with Gasteiger partial charge in [0.25, 0.3) is 5.91 Å². The van der Waals surface area contributed by atoms with Crippen molar-refractivity contribution in [3.8, 4) is 0 Å². The molecular formula is C16H23N3O. The van der Waals surface area contributed by atoms with E-state index in [0.717, 1.165) is 24.5 Å². The van der Waals surface area contributed by atoms with Crippen LogP contribution >= 0.6 is 0 Å². The molecule has 2 fully saturated rings. The number of carbonyl (C=O) groups is 1. The van der Waals surface area contributed by atoms with Crippen LogP contribution in [0.4, 0.5) is 5.82 Å². The molecule has 0 bridgehead atoms. The van der Waals surface area contributed by atoms with Crippen molar-refractivity contribution < 1.29 is 4.79 Å². The van der Waals surface area contributed by atoms with Crippen LogP contribution in [0.15, 0.2) is 18.3 Å². The number of hydrogen-bond acceptors (Lipinski definition) is 3. The molecule has 1 aromatic heterocycles. The van der Waals surface area contributed by atoms with E-state index in [2.05, 4.69) is 24.1 Å². The summed E-state index contributed by atoms with van der Waals surface area (Å²) < 4.78 is 0. The minimum absolute atomic E-state index is 0.143. The van der Waals surface area contributed by atoms with Crippen LogP contribution < -0.4 is 5.32 Å². The highest BCUT2D eigenvalue weighted by molar-refractivity contribution is 5.94. The molecule has 0 aromatic carbocycles. The number of likely N-dealkylation sites (tertiary alicyclic amines) is 1. The topological polar surface area (TPSA) is 45.2 Å². The van der Waals surface area contributed by atoms with Crippen LogP contribution in [0.5, 0.6) is 0 Å². The van der Waals surface area contributed by atoms with E-state index in [9.17, 15) is 4.79 Å². The largest absolute Gasteiger partial charge is 0.367 e. The fourth-order valence-electron chi connectivity index (χ4n) is 3.09. The molecule has 1 aromatic rings. The quantitative estimate of drug-likeness (QED) is 0.921. The van der Waals surface area contributed by atoms with E-state index >= 15 is 0 Å². The number of piperidine rings is 1. The van der Waals surface area contributed by atoms with E-state index < -0.39 is 0 Å². The maximum Gasteiger partial charge on any atom is 0.254 e. The van der Waals surface area contributed by atoms with Crippen molar-refractivity contribution in [3.63, 3.8) is 0 Å².